The van der Waals surface area contributed by atoms with E-state index in [0.29, 0.717) is 0 Å². The minimum absolute atomic E-state index is 0.0997. The normalized spacial score (nSPS) is 15.0. The Labute approximate surface area is 155 Å². The van der Waals surface area contributed by atoms with E-state index >= 15 is 0 Å². The summed E-state index contributed by atoms with van der Waals surface area (Å²) in [4.78, 5) is 26.2. The van der Waals surface area contributed by atoms with Gasteiger partial charge in [-0.3, -0.25) is 9.59 Å². The maximum atomic E-state index is 13.8. The molecule has 0 radical (unpaired) electrons. The summed E-state index contributed by atoms with van der Waals surface area (Å²) in [6.07, 6.45) is 12.3. The van der Waals surface area contributed by atoms with E-state index in [9.17, 15) is 14.2 Å². The summed E-state index contributed by atoms with van der Waals surface area (Å²) in [5, 5.41) is 0.0997. The highest BCUT2D eigenvalue weighted by atomic mass is 31.2. The monoisotopic (exact) mass is 366 g/mol. The van der Waals surface area contributed by atoms with E-state index in [1.165, 1.54) is 24.3 Å². The third-order valence-corrected chi connectivity index (χ3v) is 6.28. The Morgan fingerprint density at radius 2 is 1.50 bits per heavy atom. The standard InChI is InChI=1S/C22H23O3P/c1-5-9-14-18(7-3)21(23)26(25,20(8-4)17-10-6-2)22(24)19-15-12-11-13-16-19/h5-17H,3-4H2,1-2H3/b9-5-,10-6-,18-14+,20-17+. The Morgan fingerprint density at radius 3 is 2.00 bits per heavy atom. The molecule has 1 unspecified atom stereocenters. The molecule has 0 aliphatic rings. The number of allylic oxidation sites excluding steroid dienone is 10. The maximum Gasteiger partial charge on any atom is 0.248 e. The fraction of sp³-hybridized carbons (Fsp3) is 0.0909. The number of hydrogen-bond donors (Lipinski definition) is 0. The molecule has 26 heavy (non-hydrogen) atoms. The molecule has 0 bridgehead atoms. The van der Waals surface area contributed by atoms with E-state index in [-0.39, 0.29) is 16.5 Å². The van der Waals surface area contributed by atoms with Gasteiger partial charge in [-0.05, 0) is 13.8 Å². The lowest BCUT2D eigenvalue weighted by molar-refractivity contribution is -0.108. The summed E-state index contributed by atoms with van der Waals surface area (Å²) in [5.41, 5.74) is -1.14. The van der Waals surface area contributed by atoms with Gasteiger partial charge in [-0.25, -0.2) is 0 Å². The van der Waals surface area contributed by atoms with Crippen molar-refractivity contribution >= 4 is 18.2 Å². The van der Waals surface area contributed by atoms with Crippen LogP contribution in [0.4, 0.5) is 0 Å². The molecule has 0 spiro atoms. The molecule has 4 heteroatoms. The van der Waals surface area contributed by atoms with Crippen LogP contribution in [0.1, 0.15) is 24.2 Å². The summed E-state index contributed by atoms with van der Waals surface area (Å²) >= 11 is 0. The van der Waals surface area contributed by atoms with Crippen LogP contribution in [0, 0.1) is 0 Å². The first-order valence-corrected chi connectivity index (χ1v) is 9.84. The van der Waals surface area contributed by atoms with Gasteiger partial charge < -0.3 is 4.57 Å². The van der Waals surface area contributed by atoms with Gasteiger partial charge in [-0.15, -0.1) is 0 Å². The molecular weight excluding hydrogens is 343 g/mol. The minimum atomic E-state index is -4.14. The Hall–Kier alpha value is -2.77. The van der Waals surface area contributed by atoms with Gasteiger partial charge in [0.15, 0.2) is 0 Å². The first-order chi connectivity index (χ1) is 12.5. The molecule has 1 rings (SSSR count). The molecule has 0 aliphatic carbocycles. The van der Waals surface area contributed by atoms with Gasteiger partial charge in [-0.1, -0.05) is 92.1 Å². The Kier molecular flexibility index (Phi) is 8.41. The first-order valence-electron chi connectivity index (χ1n) is 8.13. The molecule has 0 N–H and O–H groups in total. The van der Waals surface area contributed by atoms with Crippen molar-refractivity contribution < 1.29 is 14.2 Å². The van der Waals surface area contributed by atoms with Crippen LogP contribution in [-0.4, -0.2) is 11.0 Å². The molecule has 0 aliphatic heterocycles. The molecule has 0 aromatic heterocycles. The van der Waals surface area contributed by atoms with Gasteiger partial charge >= 0.3 is 0 Å². The second-order valence-corrected chi connectivity index (χ2v) is 7.81. The van der Waals surface area contributed by atoms with E-state index < -0.39 is 18.2 Å². The molecule has 0 heterocycles. The van der Waals surface area contributed by atoms with E-state index in [0.717, 1.165) is 0 Å². The smallest absolute Gasteiger partial charge is 0.248 e. The van der Waals surface area contributed by atoms with Crippen molar-refractivity contribution in [2.75, 3.05) is 0 Å². The molecule has 3 nitrogen and oxygen atoms in total. The van der Waals surface area contributed by atoms with Gasteiger partial charge in [0.05, 0.1) is 0 Å². The van der Waals surface area contributed by atoms with Crippen LogP contribution in [0.5, 0.6) is 0 Å². The quantitative estimate of drug-likeness (QED) is 0.304. The highest BCUT2D eigenvalue weighted by molar-refractivity contribution is 7.98. The van der Waals surface area contributed by atoms with E-state index in [1.54, 1.807) is 68.5 Å². The number of carbonyl (C=O) groups excluding carboxylic acids is 2. The highest BCUT2D eigenvalue weighted by Gasteiger charge is 2.43. The Morgan fingerprint density at radius 1 is 0.923 bits per heavy atom. The number of carbonyl (C=O) groups is 2. The zero-order chi connectivity index (χ0) is 19.6. The third-order valence-electron chi connectivity index (χ3n) is 3.56. The summed E-state index contributed by atoms with van der Waals surface area (Å²) in [5.74, 6) is 0. The second kappa shape index (κ2) is 10.3. The molecule has 1 aromatic rings. The van der Waals surface area contributed by atoms with Crippen molar-refractivity contribution in [3.63, 3.8) is 0 Å². The minimum Gasteiger partial charge on any atom is -0.302 e. The molecule has 0 saturated heterocycles. The van der Waals surface area contributed by atoms with Gasteiger partial charge in [0.1, 0.15) is 0 Å². The molecule has 0 amide bonds. The van der Waals surface area contributed by atoms with Crippen LogP contribution in [0.3, 0.4) is 0 Å². The lowest BCUT2D eigenvalue weighted by Crippen LogP contribution is -2.13. The zero-order valence-corrected chi connectivity index (χ0v) is 16.0. The number of hydrogen-bond acceptors (Lipinski definition) is 3. The van der Waals surface area contributed by atoms with E-state index in [2.05, 4.69) is 13.2 Å². The second-order valence-electron chi connectivity index (χ2n) is 5.26. The van der Waals surface area contributed by atoms with Crippen LogP contribution in [0.25, 0.3) is 0 Å². The highest BCUT2D eigenvalue weighted by Crippen LogP contribution is 2.59. The summed E-state index contributed by atoms with van der Waals surface area (Å²) in [6, 6.07) is 8.16. The molecule has 1 aromatic carbocycles. The SMILES string of the molecule is C=C/C(=C\C=C/C)C(=O)P(=O)(C(=O)c1ccccc1)/C(C=C)=C/C=C\C. The summed E-state index contributed by atoms with van der Waals surface area (Å²) in [6.45, 7) is 10.8. The summed E-state index contributed by atoms with van der Waals surface area (Å²) < 4.78 is 13.8. The molecule has 1 atom stereocenters. The van der Waals surface area contributed by atoms with Crippen molar-refractivity contribution in [2.45, 2.75) is 13.8 Å². The van der Waals surface area contributed by atoms with Crippen LogP contribution < -0.4 is 0 Å². The van der Waals surface area contributed by atoms with E-state index in [1.807, 2.05) is 0 Å². The lowest BCUT2D eigenvalue weighted by Gasteiger charge is -2.17. The number of benzene rings is 1. The van der Waals surface area contributed by atoms with Gasteiger partial charge in [0.2, 0.25) is 18.2 Å². The van der Waals surface area contributed by atoms with Gasteiger partial charge in [-0.2, -0.15) is 0 Å². The van der Waals surface area contributed by atoms with Crippen molar-refractivity contribution in [1.82, 2.24) is 0 Å². The fourth-order valence-corrected chi connectivity index (χ4v) is 4.44. The Bertz CT molecular complexity index is 853. The summed E-state index contributed by atoms with van der Waals surface area (Å²) in [7, 11) is -4.14. The molecular formula is C22H23O3P. The number of rotatable bonds is 9. The van der Waals surface area contributed by atoms with Crippen molar-refractivity contribution in [3.05, 3.63) is 109 Å². The molecule has 0 fully saturated rings. The van der Waals surface area contributed by atoms with Gasteiger partial charge in [0, 0.05) is 16.5 Å². The largest absolute Gasteiger partial charge is 0.302 e. The maximum absolute atomic E-state index is 13.8. The predicted molar refractivity (Wildman–Crippen MR) is 110 cm³/mol. The first kappa shape index (κ1) is 21.3. The third kappa shape index (κ3) is 4.65. The Balaban J connectivity index is 3.69. The van der Waals surface area contributed by atoms with Gasteiger partial charge in [0.25, 0.3) is 0 Å². The predicted octanol–water partition coefficient (Wildman–Crippen LogP) is 6.05. The molecule has 134 valence electrons. The van der Waals surface area contributed by atoms with Crippen LogP contribution >= 0.6 is 7.14 Å². The average Bonchev–Trinajstić information content (AvgIpc) is 2.68. The molecule has 0 saturated carbocycles. The average molecular weight is 366 g/mol. The van der Waals surface area contributed by atoms with Crippen LogP contribution in [0.15, 0.2) is 103 Å². The van der Waals surface area contributed by atoms with Crippen LogP contribution in [0.2, 0.25) is 0 Å². The van der Waals surface area contributed by atoms with E-state index in [4.69, 9.17) is 0 Å². The lowest BCUT2D eigenvalue weighted by atomic mass is 10.2. The zero-order valence-electron chi connectivity index (χ0n) is 15.1. The van der Waals surface area contributed by atoms with Crippen molar-refractivity contribution in [2.24, 2.45) is 0 Å². The van der Waals surface area contributed by atoms with Crippen molar-refractivity contribution in [1.29, 1.82) is 0 Å². The fourth-order valence-electron chi connectivity index (χ4n) is 2.19. The van der Waals surface area contributed by atoms with Crippen molar-refractivity contribution in [3.8, 4) is 0 Å². The van der Waals surface area contributed by atoms with Crippen LogP contribution in [-0.2, 0) is 9.36 Å². The topological polar surface area (TPSA) is 51.2 Å².